The number of aromatic nitrogens is 4. The molecule has 2 amide bonds. The van der Waals surface area contributed by atoms with Crippen LogP contribution >= 0.6 is 0 Å². The highest BCUT2D eigenvalue weighted by atomic mass is 19.1. The van der Waals surface area contributed by atoms with E-state index in [9.17, 15) is 14.0 Å². The molecule has 0 saturated heterocycles. The number of halogens is 1. The number of hydrogen-bond acceptors (Lipinski definition) is 7. The topological polar surface area (TPSA) is 114 Å². The third-order valence-corrected chi connectivity index (χ3v) is 5.20. The zero-order valence-electron chi connectivity index (χ0n) is 20.1. The number of amides is 2. The fraction of sp³-hybridized carbons (Fsp3) is 0.375. The molecule has 2 N–H and O–H groups in total. The first-order chi connectivity index (χ1) is 16.9. The molecule has 0 aliphatic heterocycles. The Hall–Kier alpha value is -3.86. The number of nitrogens with one attached hydrogen (secondary N) is 2. The van der Waals surface area contributed by atoms with E-state index in [1.54, 1.807) is 44.3 Å². The van der Waals surface area contributed by atoms with Crippen LogP contribution < -0.4 is 10.6 Å². The standard InChI is InChI=1S/C24H30FN7O3/c1-4-35-23(33)19-13-18(22-28-29-30-32(22)3)14-21(15-19)27-24(34)26-11-5-6-12-31(2)16-17-7-9-20(25)10-8-17/h7-10,13-15H,4-6,11-12,16H2,1-3H3,(H2,26,27,34). The van der Waals surface area contributed by atoms with Crippen molar-refractivity contribution < 1.29 is 18.7 Å². The van der Waals surface area contributed by atoms with Crippen LogP contribution in [0.1, 0.15) is 35.7 Å². The number of carbonyl (C=O) groups excluding carboxylic acids is 2. The number of ether oxygens (including phenoxy) is 1. The van der Waals surface area contributed by atoms with Crippen LogP contribution in [0.3, 0.4) is 0 Å². The number of benzene rings is 2. The Morgan fingerprint density at radius 1 is 1.14 bits per heavy atom. The van der Waals surface area contributed by atoms with Crippen LogP contribution in [0.2, 0.25) is 0 Å². The van der Waals surface area contributed by atoms with Crippen molar-refractivity contribution in [1.29, 1.82) is 0 Å². The smallest absolute Gasteiger partial charge is 0.338 e. The summed E-state index contributed by atoms with van der Waals surface area (Å²) in [5, 5.41) is 17.0. The maximum absolute atomic E-state index is 13.0. The van der Waals surface area contributed by atoms with Gasteiger partial charge in [-0.05, 0) is 79.7 Å². The Bertz CT molecular complexity index is 1130. The first-order valence-electron chi connectivity index (χ1n) is 11.4. The van der Waals surface area contributed by atoms with Crippen LogP contribution in [-0.2, 0) is 18.3 Å². The molecular formula is C24H30FN7O3. The van der Waals surface area contributed by atoms with Gasteiger partial charge in [0.15, 0.2) is 5.82 Å². The van der Waals surface area contributed by atoms with E-state index in [0.717, 1.165) is 31.5 Å². The Labute approximate surface area is 203 Å². The van der Waals surface area contributed by atoms with Crippen molar-refractivity contribution in [3.8, 4) is 11.4 Å². The third kappa shape index (κ3) is 7.85. The second kappa shape index (κ2) is 12.6. The molecule has 0 spiro atoms. The molecular weight excluding hydrogens is 453 g/mol. The van der Waals surface area contributed by atoms with Gasteiger partial charge in [-0.1, -0.05) is 12.1 Å². The van der Waals surface area contributed by atoms with Crippen LogP contribution in [0.15, 0.2) is 42.5 Å². The summed E-state index contributed by atoms with van der Waals surface area (Å²) < 4.78 is 19.6. The molecule has 1 aromatic heterocycles. The van der Waals surface area contributed by atoms with E-state index in [1.807, 2.05) is 7.05 Å². The van der Waals surface area contributed by atoms with Crippen LogP contribution in [0, 0.1) is 5.82 Å². The highest BCUT2D eigenvalue weighted by Gasteiger charge is 2.15. The van der Waals surface area contributed by atoms with Gasteiger partial charge in [0.1, 0.15) is 5.82 Å². The maximum Gasteiger partial charge on any atom is 0.338 e. The molecule has 11 heteroatoms. The van der Waals surface area contributed by atoms with E-state index in [2.05, 4.69) is 31.1 Å². The molecule has 186 valence electrons. The first-order valence-corrected chi connectivity index (χ1v) is 11.4. The van der Waals surface area contributed by atoms with Crippen molar-refractivity contribution in [2.45, 2.75) is 26.3 Å². The number of unbranched alkanes of at least 4 members (excludes halogenated alkanes) is 1. The Morgan fingerprint density at radius 3 is 2.60 bits per heavy atom. The zero-order chi connectivity index (χ0) is 25.2. The Kier molecular flexibility index (Phi) is 9.24. The predicted octanol–water partition coefficient (Wildman–Crippen LogP) is 3.23. The number of nitrogens with zero attached hydrogens (tertiary/aromatic N) is 5. The lowest BCUT2D eigenvalue weighted by Crippen LogP contribution is -2.30. The van der Waals surface area contributed by atoms with Crippen molar-refractivity contribution >= 4 is 17.7 Å². The summed E-state index contributed by atoms with van der Waals surface area (Å²) in [5.74, 6) is -0.294. The van der Waals surface area contributed by atoms with Crippen molar-refractivity contribution in [3.63, 3.8) is 0 Å². The van der Waals surface area contributed by atoms with E-state index >= 15 is 0 Å². The lowest BCUT2D eigenvalue weighted by Gasteiger charge is -2.16. The monoisotopic (exact) mass is 483 g/mol. The number of tetrazole rings is 1. The molecule has 0 radical (unpaired) electrons. The van der Waals surface area contributed by atoms with Crippen LogP contribution in [0.5, 0.6) is 0 Å². The van der Waals surface area contributed by atoms with Gasteiger partial charge in [0.25, 0.3) is 0 Å². The van der Waals surface area contributed by atoms with Gasteiger partial charge in [0.2, 0.25) is 0 Å². The largest absolute Gasteiger partial charge is 0.462 e. The van der Waals surface area contributed by atoms with Gasteiger partial charge in [-0.2, -0.15) is 0 Å². The normalized spacial score (nSPS) is 10.9. The van der Waals surface area contributed by atoms with Crippen LogP contribution in [-0.4, -0.2) is 63.9 Å². The molecule has 0 aliphatic carbocycles. The van der Waals surface area contributed by atoms with Crippen LogP contribution in [0.4, 0.5) is 14.9 Å². The van der Waals surface area contributed by atoms with E-state index in [4.69, 9.17) is 4.74 Å². The van der Waals surface area contributed by atoms with E-state index in [1.165, 1.54) is 16.8 Å². The van der Waals surface area contributed by atoms with Gasteiger partial charge in [-0.25, -0.2) is 18.7 Å². The van der Waals surface area contributed by atoms with Gasteiger partial charge in [-0.15, -0.1) is 5.10 Å². The first kappa shape index (κ1) is 25.8. The summed E-state index contributed by atoms with van der Waals surface area (Å²) in [7, 11) is 3.69. The van der Waals surface area contributed by atoms with E-state index in [0.29, 0.717) is 23.6 Å². The fourth-order valence-corrected chi connectivity index (χ4v) is 3.50. The summed E-state index contributed by atoms with van der Waals surface area (Å²) in [5.41, 5.74) is 2.33. The van der Waals surface area contributed by atoms with Crippen molar-refractivity contribution in [2.24, 2.45) is 7.05 Å². The summed E-state index contributed by atoms with van der Waals surface area (Å²) in [6.07, 6.45) is 1.68. The molecule has 0 fully saturated rings. The lowest BCUT2D eigenvalue weighted by molar-refractivity contribution is 0.0526. The molecule has 3 rings (SSSR count). The molecule has 0 saturated carbocycles. The predicted molar refractivity (Wildman–Crippen MR) is 129 cm³/mol. The molecule has 2 aromatic carbocycles. The van der Waals surface area contributed by atoms with Crippen molar-refractivity contribution in [1.82, 2.24) is 30.4 Å². The number of anilines is 1. The number of rotatable bonds is 11. The molecule has 0 bridgehead atoms. The van der Waals surface area contributed by atoms with Gasteiger partial charge >= 0.3 is 12.0 Å². The number of urea groups is 1. The second-order valence-electron chi connectivity index (χ2n) is 8.10. The second-order valence-corrected chi connectivity index (χ2v) is 8.10. The molecule has 0 unspecified atom stereocenters. The summed E-state index contributed by atoms with van der Waals surface area (Å²) in [6, 6.07) is 11.0. The van der Waals surface area contributed by atoms with Crippen molar-refractivity contribution in [2.75, 3.05) is 32.1 Å². The minimum absolute atomic E-state index is 0.233. The average molecular weight is 484 g/mol. The average Bonchev–Trinajstić information content (AvgIpc) is 3.26. The minimum Gasteiger partial charge on any atom is -0.462 e. The Balaban J connectivity index is 1.49. The van der Waals surface area contributed by atoms with Crippen molar-refractivity contribution in [3.05, 3.63) is 59.4 Å². The molecule has 0 atom stereocenters. The number of hydrogen-bond donors (Lipinski definition) is 2. The maximum atomic E-state index is 13.0. The molecule has 3 aromatic rings. The fourth-order valence-electron chi connectivity index (χ4n) is 3.50. The lowest BCUT2D eigenvalue weighted by atomic mass is 10.1. The quantitative estimate of drug-likeness (QED) is 0.318. The molecule has 1 heterocycles. The number of carbonyl (C=O) groups is 2. The highest BCUT2D eigenvalue weighted by molar-refractivity contribution is 5.95. The summed E-state index contributed by atoms with van der Waals surface area (Å²) in [4.78, 5) is 26.9. The summed E-state index contributed by atoms with van der Waals surface area (Å²) in [6.45, 7) is 4.03. The van der Waals surface area contributed by atoms with Gasteiger partial charge < -0.3 is 20.3 Å². The minimum atomic E-state index is -0.502. The molecule has 0 aliphatic rings. The number of esters is 1. The third-order valence-electron chi connectivity index (χ3n) is 5.20. The van der Waals surface area contributed by atoms with Gasteiger partial charge in [-0.3, -0.25) is 0 Å². The Morgan fingerprint density at radius 2 is 1.91 bits per heavy atom. The molecule has 35 heavy (non-hydrogen) atoms. The highest BCUT2D eigenvalue weighted by Crippen LogP contribution is 2.23. The van der Waals surface area contributed by atoms with Crippen LogP contribution in [0.25, 0.3) is 11.4 Å². The van der Waals surface area contributed by atoms with E-state index in [-0.39, 0.29) is 24.0 Å². The van der Waals surface area contributed by atoms with Gasteiger partial charge in [0.05, 0.1) is 12.2 Å². The summed E-state index contributed by atoms with van der Waals surface area (Å²) >= 11 is 0. The SMILES string of the molecule is CCOC(=O)c1cc(NC(=O)NCCCCN(C)Cc2ccc(F)cc2)cc(-c2nnnn2C)c1. The molecule has 10 nitrogen and oxygen atoms in total. The zero-order valence-corrected chi connectivity index (χ0v) is 20.1. The van der Waals surface area contributed by atoms with E-state index < -0.39 is 5.97 Å². The number of aryl methyl sites for hydroxylation is 1. The van der Waals surface area contributed by atoms with Gasteiger partial charge in [0, 0.05) is 31.4 Å².